The van der Waals surface area contributed by atoms with Crippen LogP contribution in [0.3, 0.4) is 0 Å². The van der Waals surface area contributed by atoms with Crippen LogP contribution in [0.25, 0.3) is 0 Å². The van der Waals surface area contributed by atoms with Gasteiger partial charge in [-0.05, 0) is 32.4 Å². The van der Waals surface area contributed by atoms with E-state index < -0.39 is 0 Å². The Morgan fingerprint density at radius 2 is 2.00 bits per heavy atom. The fourth-order valence-electron chi connectivity index (χ4n) is 1.86. The molecule has 0 atom stereocenters. The quantitative estimate of drug-likeness (QED) is 0.846. The first kappa shape index (κ1) is 16.5. The number of thiazole rings is 1. The molecule has 0 aliphatic heterocycles. The van der Waals surface area contributed by atoms with Gasteiger partial charge in [0.15, 0.2) is 5.13 Å². The lowest BCUT2D eigenvalue weighted by atomic mass is 10.1. The Kier molecular flexibility index (Phi) is 5.41. The van der Waals surface area contributed by atoms with Crippen molar-refractivity contribution in [2.24, 2.45) is 0 Å². The Hall–Kier alpha value is -0.910. The molecule has 114 valence electrons. The predicted octanol–water partition coefficient (Wildman–Crippen LogP) is 4.43. The molecule has 0 aliphatic carbocycles. The van der Waals surface area contributed by atoms with Crippen LogP contribution < -0.4 is 10.2 Å². The summed E-state index contributed by atoms with van der Waals surface area (Å²) in [4.78, 5) is 7.98. The second-order valence-corrected chi connectivity index (χ2v) is 8.11. The molecule has 5 heteroatoms. The fraction of sp³-hybridized carbons (Fsp3) is 0.438. The van der Waals surface area contributed by atoms with Crippen LogP contribution in [0.5, 0.6) is 0 Å². The number of hydrogen-bond acceptors (Lipinski definition) is 4. The highest BCUT2D eigenvalue weighted by Gasteiger charge is 2.12. The molecule has 0 amide bonds. The van der Waals surface area contributed by atoms with E-state index >= 15 is 0 Å². The summed E-state index contributed by atoms with van der Waals surface area (Å²) < 4.78 is 1.14. The zero-order valence-electron chi connectivity index (χ0n) is 13.0. The minimum atomic E-state index is 0.130. The fourth-order valence-corrected chi connectivity index (χ4v) is 3.08. The van der Waals surface area contributed by atoms with E-state index in [1.807, 2.05) is 12.3 Å². The van der Waals surface area contributed by atoms with E-state index in [1.165, 1.54) is 10.4 Å². The molecule has 1 heterocycles. The monoisotopic (exact) mass is 367 g/mol. The summed E-state index contributed by atoms with van der Waals surface area (Å²) >= 11 is 5.34. The topological polar surface area (TPSA) is 28.2 Å². The predicted molar refractivity (Wildman–Crippen MR) is 95.0 cm³/mol. The standard InChI is InChI=1S/C16H22BrN3S/c1-16(2,3)19-10-13-9-18-15(21-13)20(4)11-12-7-5-6-8-14(12)17/h5-9,19H,10-11H2,1-4H3. The summed E-state index contributed by atoms with van der Waals surface area (Å²) in [6.45, 7) is 8.24. The van der Waals surface area contributed by atoms with Gasteiger partial charge in [-0.15, -0.1) is 11.3 Å². The van der Waals surface area contributed by atoms with E-state index in [9.17, 15) is 0 Å². The lowest BCUT2D eigenvalue weighted by Gasteiger charge is -2.19. The van der Waals surface area contributed by atoms with Crippen molar-refractivity contribution in [1.82, 2.24) is 10.3 Å². The molecule has 0 fully saturated rings. The van der Waals surface area contributed by atoms with E-state index in [0.717, 1.165) is 22.7 Å². The number of aromatic nitrogens is 1. The molecule has 0 radical (unpaired) electrons. The van der Waals surface area contributed by atoms with E-state index in [2.05, 4.69) is 77.1 Å². The minimum absolute atomic E-state index is 0.130. The Balaban J connectivity index is 1.99. The van der Waals surface area contributed by atoms with E-state index in [-0.39, 0.29) is 5.54 Å². The SMILES string of the molecule is CN(Cc1ccccc1Br)c1ncc(CNC(C)(C)C)s1. The van der Waals surface area contributed by atoms with Crippen molar-refractivity contribution in [1.29, 1.82) is 0 Å². The smallest absolute Gasteiger partial charge is 0.185 e. The molecule has 3 nitrogen and oxygen atoms in total. The van der Waals surface area contributed by atoms with Crippen molar-refractivity contribution in [2.75, 3.05) is 11.9 Å². The third-order valence-corrected chi connectivity index (χ3v) is 4.91. The molecule has 2 rings (SSSR count). The van der Waals surface area contributed by atoms with Crippen molar-refractivity contribution in [3.8, 4) is 0 Å². The van der Waals surface area contributed by atoms with Crippen LogP contribution in [0, 0.1) is 0 Å². The number of nitrogens with one attached hydrogen (secondary N) is 1. The van der Waals surface area contributed by atoms with Gasteiger partial charge in [0, 0.05) is 41.2 Å². The van der Waals surface area contributed by atoms with Crippen LogP contribution in [0.15, 0.2) is 34.9 Å². The Labute approximate surface area is 139 Å². The van der Waals surface area contributed by atoms with E-state index in [1.54, 1.807) is 11.3 Å². The first-order valence-electron chi connectivity index (χ1n) is 6.99. The van der Waals surface area contributed by atoms with Gasteiger partial charge in [-0.3, -0.25) is 0 Å². The number of nitrogens with zero attached hydrogens (tertiary/aromatic N) is 2. The Morgan fingerprint density at radius 1 is 1.29 bits per heavy atom. The number of anilines is 1. The van der Waals surface area contributed by atoms with Crippen LogP contribution in [-0.4, -0.2) is 17.6 Å². The van der Waals surface area contributed by atoms with Gasteiger partial charge in [-0.1, -0.05) is 34.1 Å². The van der Waals surface area contributed by atoms with Gasteiger partial charge in [0.05, 0.1) is 0 Å². The number of halogens is 1. The van der Waals surface area contributed by atoms with E-state index in [0.29, 0.717) is 0 Å². The van der Waals surface area contributed by atoms with Gasteiger partial charge in [0.2, 0.25) is 0 Å². The number of benzene rings is 1. The highest BCUT2D eigenvalue weighted by molar-refractivity contribution is 9.10. The summed E-state index contributed by atoms with van der Waals surface area (Å²) in [6, 6.07) is 8.31. The van der Waals surface area contributed by atoms with Crippen molar-refractivity contribution in [2.45, 2.75) is 39.4 Å². The van der Waals surface area contributed by atoms with Crippen molar-refractivity contribution in [3.05, 3.63) is 45.4 Å². The molecule has 0 spiro atoms. The average Bonchev–Trinajstić information content (AvgIpc) is 2.87. The second kappa shape index (κ2) is 6.90. The third kappa shape index (κ3) is 5.09. The first-order chi connectivity index (χ1) is 9.85. The molecule has 0 aliphatic rings. The van der Waals surface area contributed by atoms with Crippen molar-refractivity contribution < 1.29 is 0 Å². The molecule has 1 N–H and O–H groups in total. The average molecular weight is 368 g/mol. The van der Waals surface area contributed by atoms with E-state index in [4.69, 9.17) is 0 Å². The molecule has 1 aromatic heterocycles. The summed E-state index contributed by atoms with van der Waals surface area (Å²) in [5, 5.41) is 4.55. The number of rotatable bonds is 5. The third-order valence-electron chi connectivity index (χ3n) is 3.03. The molecule has 2 aromatic rings. The largest absolute Gasteiger partial charge is 0.347 e. The molecule has 0 saturated carbocycles. The molecule has 0 saturated heterocycles. The second-order valence-electron chi connectivity index (χ2n) is 6.16. The van der Waals surface area contributed by atoms with Gasteiger partial charge in [-0.25, -0.2) is 4.98 Å². The maximum Gasteiger partial charge on any atom is 0.185 e. The van der Waals surface area contributed by atoms with Crippen molar-refractivity contribution >= 4 is 32.4 Å². The molecule has 0 bridgehead atoms. The highest BCUT2D eigenvalue weighted by atomic mass is 79.9. The molecular formula is C16H22BrN3S. The van der Waals surface area contributed by atoms with Crippen LogP contribution in [0.1, 0.15) is 31.2 Å². The maximum absolute atomic E-state index is 4.53. The number of hydrogen-bond donors (Lipinski definition) is 1. The normalized spacial score (nSPS) is 11.7. The van der Waals surface area contributed by atoms with Gasteiger partial charge in [0.1, 0.15) is 0 Å². The lowest BCUT2D eigenvalue weighted by molar-refractivity contribution is 0.426. The molecule has 0 unspecified atom stereocenters. The first-order valence-corrected chi connectivity index (χ1v) is 8.60. The Bertz CT molecular complexity index is 589. The van der Waals surface area contributed by atoms with Crippen LogP contribution in [0.2, 0.25) is 0 Å². The zero-order valence-corrected chi connectivity index (χ0v) is 15.4. The highest BCUT2D eigenvalue weighted by Crippen LogP contribution is 2.25. The van der Waals surface area contributed by atoms with Gasteiger partial charge >= 0.3 is 0 Å². The van der Waals surface area contributed by atoms with Crippen LogP contribution in [-0.2, 0) is 13.1 Å². The van der Waals surface area contributed by atoms with Gasteiger partial charge in [-0.2, -0.15) is 0 Å². The molecule has 21 heavy (non-hydrogen) atoms. The lowest BCUT2D eigenvalue weighted by Crippen LogP contribution is -2.34. The van der Waals surface area contributed by atoms with Crippen LogP contribution in [0.4, 0.5) is 5.13 Å². The van der Waals surface area contributed by atoms with Gasteiger partial charge < -0.3 is 10.2 Å². The minimum Gasteiger partial charge on any atom is -0.347 e. The maximum atomic E-state index is 4.53. The van der Waals surface area contributed by atoms with Gasteiger partial charge in [0.25, 0.3) is 0 Å². The summed E-state index contributed by atoms with van der Waals surface area (Å²) in [7, 11) is 2.08. The van der Waals surface area contributed by atoms with Crippen molar-refractivity contribution in [3.63, 3.8) is 0 Å². The molecular weight excluding hydrogens is 346 g/mol. The summed E-state index contributed by atoms with van der Waals surface area (Å²) in [5.41, 5.74) is 1.40. The zero-order chi connectivity index (χ0) is 15.5. The Morgan fingerprint density at radius 3 is 2.67 bits per heavy atom. The summed E-state index contributed by atoms with van der Waals surface area (Å²) in [6.07, 6.45) is 1.97. The molecule has 1 aromatic carbocycles. The van der Waals surface area contributed by atoms with Crippen LogP contribution >= 0.6 is 27.3 Å². The summed E-state index contributed by atoms with van der Waals surface area (Å²) in [5.74, 6) is 0.